The number of halogens is 1. The molecule has 154 valence electrons. The van der Waals surface area contributed by atoms with Crippen LogP contribution in [0, 0.1) is 23.2 Å². The predicted molar refractivity (Wildman–Crippen MR) is 117 cm³/mol. The van der Waals surface area contributed by atoms with Gasteiger partial charge in [0.1, 0.15) is 11.6 Å². The molecule has 4 aliphatic rings. The summed E-state index contributed by atoms with van der Waals surface area (Å²) in [6, 6.07) is 3.63. The Labute approximate surface area is 183 Å². The van der Waals surface area contributed by atoms with Crippen molar-refractivity contribution in [2.45, 2.75) is 50.1 Å². The van der Waals surface area contributed by atoms with Gasteiger partial charge in [-0.2, -0.15) is 0 Å². The zero-order valence-electron chi connectivity index (χ0n) is 16.6. The maximum Gasteiger partial charge on any atom is 0.236 e. The summed E-state index contributed by atoms with van der Waals surface area (Å²) < 4.78 is 2.98. The fourth-order valence-corrected chi connectivity index (χ4v) is 7.19. The second-order valence-electron chi connectivity index (χ2n) is 9.25. The number of hydrogen-bond donors (Lipinski definition) is 1. The monoisotopic (exact) mass is 475 g/mol. The highest BCUT2D eigenvalue weighted by molar-refractivity contribution is 9.10. The first kappa shape index (κ1) is 19.5. The van der Waals surface area contributed by atoms with Gasteiger partial charge in [-0.25, -0.2) is 4.98 Å². The van der Waals surface area contributed by atoms with Gasteiger partial charge in [0.2, 0.25) is 5.91 Å². The van der Waals surface area contributed by atoms with E-state index in [4.69, 9.17) is 0 Å². The number of anilines is 1. The summed E-state index contributed by atoms with van der Waals surface area (Å²) in [7, 11) is 2.03. The van der Waals surface area contributed by atoms with E-state index >= 15 is 0 Å². The van der Waals surface area contributed by atoms with Gasteiger partial charge in [0.15, 0.2) is 5.16 Å². The molecule has 0 saturated heterocycles. The van der Waals surface area contributed by atoms with Crippen molar-refractivity contribution in [3.63, 3.8) is 0 Å². The summed E-state index contributed by atoms with van der Waals surface area (Å²) in [5, 5.41) is 12.5. The zero-order chi connectivity index (χ0) is 20.0. The minimum Gasteiger partial charge on any atom is -0.310 e. The van der Waals surface area contributed by atoms with Crippen LogP contribution < -0.4 is 5.32 Å². The van der Waals surface area contributed by atoms with Crippen LogP contribution in [0.1, 0.15) is 44.3 Å². The molecule has 6 nitrogen and oxygen atoms in total. The number of aromatic nitrogens is 4. The molecular weight excluding hydrogens is 450 g/mol. The third-order valence-corrected chi connectivity index (χ3v) is 8.44. The van der Waals surface area contributed by atoms with E-state index in [1.165, 1.54) is 50.3 Å². The Morgan fingerprint density at radius 2 is 1.90 bits per heavy atom. The van der Waals surface area contributed by atoms with Gasteiger partial charge in [0.05, 0.1) is 5.75 Å². The Balaban J connectivity index is 1.20. The fourth-order valence-electron chi connectivity index (χ4n) is 6.23. The van der Waals surface area contributed by atoms with Gasteiger partial charge in [-0.05, 0) is 89.8 Å². The average molecular weight is 476 g/mol. The molecule has 2 aromatic rings. The van der Waals surface area contributed by atoms with Crippen molar-refractivity contribution in [1.29, 1.82) is 0 Å². The number of nitrogens with one attached hydrogen (secondary N) is 1. The van der Waals surface area contributed by atoms with Crippen LogP contribution in [-0.4, -0.2) is 31.4 Å². The molecule has 2 aromatic heterocycles. The van der Waals surface area contributed by atoms with E-state index in [0.29, 0.717) is 17.0 Å². The number of thioether (sulfide) groups is 1. The van der Waals surface area contributed by atoms with Gasteiger partial charge < -0.3 is 9.88 Å². The first-order valence-corrected chi connectivity index (χ1v) is 12.2. The molecule has 0 aliphatic heterocycles. The average Bonchev–Trinajstić information content (AvgIpc) is 3.00. The first-order chi connectivity index (χ1) is 14.0. The fraction of sp³-hybridized carbons (Fsp3) is 0.619. The minimum atomic E-state index is -0.0875. The molecule has 1 N–H and O–H groups in total. The van der Waals surface area contributed by atoms with E-state index in [0.717, 1.165) is 39.6 Å². The van der Waals surface area contributed by atoms with E-state index in [9.17, 15) is 4.79 Å². The number of amides is 1. The molecule has 4 saturated carbocycles. The third kappa shape index (κ3) is 4.10. The molecule has 29 heavy (non-hydrogen) atoms. The standard InChI is InChI=1S/C21H26BrN5OS/c1-27-18(10-21-7-13-4-14(8-21)6-15(5-13)9-21)25-26-20(27)29-12-19(28)24-17-3-2-16(22)11-23-17/h2-3,11,13-15H,4-10,12H2,1H3,(H,23,24,28). The number of nitrogens with zero attached hydrogens (tertiary/aromatic N) is 4. The van der Waals surface area contributed by atoms with Crippen LogP contribution in [0.2, 0.25) is 0 Å². The van der Waals surface area contributed by atoms with Crippen LogP contribution >= 0.6 is 27.7 Å². The highest BCUT2D eigenvalue weighted by Crippen LogP contribution is 2.60. The highest BCUT2D eigenvalue weighted by atomic mass is 79.9. The second kappa shape index (κ2) is 7.69. The lowest BCUT2D eigenvalue weighted by atomic mass is 9.49. The molecule has 0 aromatic carbocycles. The molecule has 0 atom stereocenters. The Hall–Kier alpha value is -1.41. The number of rotatable bonds is 6. The molecular formula is C21H26BrN5OS. The van der Waals surface area contributed by atoms with E-state index in [2.05, 4.69) is 41.0 Å². The van der Waals surface area contributed by atoms with Gasteiger partial charge in [0, 0.05) is 24.1 Å². The quantitative estimate of drug-likeness (QED) is 0.624. The van der Waals surface area contributed by atoms with Gasteiger partial charge in [0.25, 0.3) is 0 Å². The Bertz CT molecular complexity index is 877. The summed E-state index contributed by atoms with van der Waals surface area (Å²) in [5.74, 6) is 4.66. The number of hydrogen-bond acceptors (Lipinski definition) is 5. The lowest BCUT2D eigenvalue weighted by Crippen LogP contribution is -2.47. The lowest BCUT2D eigenvalue weighted by Gasteiger charge is -2.56. The molecule has 8 heteroatoms. The van der Waals surface area contributed by atoms with E-state index in [-0.39, 0.29) is 5.91 Å². The molecule has 0 radical (unpaired) electrons. The van der Waals surface area contributed by atoms with Crippen molar-refractivity contribution in [2.24, 2.45) is 30.2 Å². The number of pyridine rings is 1. The van der Waals surface area contributed by atoms with Gasteiger partial charge in [-0.3, -0.25) is 4.79 Å². The summed E-state index contributed by atoms with van der Waals surface area (Å²) in [6.45, 7) is 0. The second-order valence-corrected chi connectivity index (χ2v) is 11.1. The van der Waals surface area contributed by atoms with E-state index in [1.54, 1.807) is 12.3 Å². The van der Waals surface area contributed by atoms with Crippen molar-refractivity contribution < 1.29 is 4.79 Å². The largest absolute Gasteiger partial charge is 0.310 e. The van der Waals surface area contributed by atoms with Crippen LogP contribution in [0.3, 0.4) is 0 Å². The predicted octanol–water partition coefficient (Wildman–Crippen LogP) is 4.46. The summed E-state index contributed by atoms with van der Waals surface area (Å²) in [4.78, 5) is 16.4. The minimum absolute atomic E-state index is 0.0875. The van der Waals surface area contributed by atoms with E-state index in [1.807, 2.05) is 13.1 Å². The zero-order valence-corrected chi connectivity index (χ0v) is 19.0. The van der Waals surface area contributed by atoms with Crippen molar-refractivity contribution in [3.05, 3.63) is 28.6 Å². The Morgan fingerprint density at radius 3 is 2.52 bits per heavy atom. The van der Waals surface area contributed by atoms with Crippen LogP contribution in [0.25, 0.3) is 0 Å². The number of carbonyl (C=O) groups is 1. The van der Waals surface area contributed by atoms with Gasteiger partial charge in [-0.15, -0.1) is 10.2 Å². The maximum absolute atomic E-state index is 12.2. The molecule has 4 aliphatic carbocycles. The summed E-state index contributed by atoms with van der Waals surface area (Å²) in [5.41, 5.74) is 0.447. The van der Waals surface area contributed by atoms with Crippen LogP contribution in [0.5, 0.6) is 0 Å². The van der Waals surface area contributed by atoms with Crippen LogP contribution in [-0.2, 0) is 18.3 Å². The molecule has 0 unspecified atom stereocenters. The maximum atomic E-state index is 12.2. The molecule has 0 spiro atoms. The van der Waals surface area contributed by atoms with Crippen molar-refractivity contribution in [3.8, 4) is 0 Å². The topological polar surface area (TPSA) is 72.7 Å². The van der Waals surface area contributed by atoms with E-state index < -0.39 is 0 Å². The Morgan fingerprint density at radius 1 is 1.21 bits per heavy atom. The van der Waals surface area contributed by atoms with Crippen molar-refractivity contribution in [2.75, 3.05) is 11.1 Å². The van der Waals surface area contributed by atoms with Gasteiger partial charge in [-0.1, -0.05) is 11.8 Å². The molecule has 1 amide bonds. The van der Waals surface area contributed by atoms with Crippen molar-refractivity contribution >= 4 is 39.4 Å². The lowest BCUT2D eigenvalue weighted by molar-refractivity contribution is -0.113. The molecule has 2 heterocycles. The van der Waals surface area contributed by atoms with Gasteiger partial charge >= 0.3 is 0 Å². The Kier molecular flexibility index (Phi) is 5.18. The van der Waals surface area contributed by atoms with Crippen LogP contribution in [0.15, 0.2) is 28.0 Å². The summed E-state index contributed by atoms with van der Waals surface area (Å²) >= 11 is 4.77. The molecule has 4 bridgehead atoms. The third-order valence-electron chi connectivity index (χ3n) is 6.95. The summed E-state index contributed by atoms with van der Waals surface area (Å²) in [6.07, 6.45) is 11.2. The number of carbonyl (C=O) groups excluding carboxylic acids is 1. The first-order valence-electron chi connectivity index (χ1n) is 10.4. The molecule has 6 rings (SSSR count). The highest BCUT2D eigenvalue weighted by Gasteiger charge is 2.51. The smallest absolute Gasteiger partial charge is 0.236 e. The SMILES string of the molecule is Cn1c(CC23CC4CC(CC(C4)C2)C3)nnc1SCC(=O)Nc1ccc(Br)cn1. The van der Waals surface area contributed by atoms with Crippen molar-refractivity contribution in [1.82, 2.24) is 19.7 Å². The molecule has 4 fully saturated rings. The van der Waals surface area contributed by atoms with Crippen LogP contribution in [0.4, 0.5) is 5.82 Å². The normalized spacial score (nSPS) is 29.9.